The van der Waals surface area contributed by atoms with Gasteiger partial charge in [-0.15, -0.1) is 0 Å². The molecule has 0 unspecified atom stereocenters. The van der Waals surface area contributed by atoms with Gasteiger partial charge in [-0.2, -0.15) is 0 Å². The Bertz CT molecular complexity index is 899. The highest BCUT2D eigenvalue weighted by atomic mass is 16.5. The van der Waals surface area contributed by atoms with Crippen LogP contribution in [-0.4, -0.2) is 51.1 Å². The molecule has 0 aliphatic rings. The maximum Gasteiger partial charge on any atom is 0.338 e. The summed E-state index contributed by atoms with van der Waals surface area (Å²) in [6, 6.07) is 12.0. The number of nitrogens with zero attached hydrogens (tertiary/aromatic N) is 1. The molecule has 1 amide bonds. The van der Waals surface area contributed by atoms with Gasteiger partial charge in [-0.3, -0.25) is 4.79 Å². The molecule has 6 heteroatoms. The van der Waals surface area contributed by atoms with Gasteiger partial charge in [0.15, 0.2) is 0 Å². The van der Waals surface area contributed by atoms with E-state index in [4.69, 9.17) is 9.47 Å². The van der Waals surface area contributed by atoms with Crippen molar-refractivity contribution < 1.29 is 23.9 Å². The lowest BCUT2D eigenvalue weighted by atomic mass is 9.92. The first-order chi connectivity index (χ1) is 12.9. The Labute approximate surface area is 158 Å². The minimum atomic E-state index is -0.538. The van der Waals surface area contributed by atoms with E-state index in [0.717, 1.165) is 0 Å². The third-order valence-electron chi connectivity index (χ3n) is 3.97. The number of carbonyl (C=O) groups excluding carboxylic acids is 3. The number of hydrogen-bond donors (Lipinski definition) is 0. The van der Waals surface area contributed by atoms with Crippen LogP contribution in [0.1, 0.15) is 26.3 Å². The smallest absolute Gasteiger partial charge is 0.338 e. The van der Waals surface area contributed by atoms with Gasteiger partial charge in [0.2, 0.25) is 5.91 Å². The highest BCUT2D eigenvalue weighted by Gasteiger charge is 2.19. The number of rotatable bonds is 5. The molecule has 0 radical (unpaired) electrons. The van der Waals surface area contributed by atoms with Crippen LogP contribution < -0.4 is 0 Å². The van der Waals surface area contributed by atoms with E-state index in [-0.39, 0.29) is 11.5 Å². The van der Waals surface area contributed by atoms with Gasteiger partial charge in [-0.1, -0.05) is 30.3 Å². The zero-order valence-electron chi connectivity index (χ0n) is 15.7. The lowest BCUT2D eigenvalue weighted by Gasteiger charge is -2.14. The van der Waals surface area contributed by atoms with E-state index < -0.39 is 11.9 Å². The number of benzene rings is 2. The van der Waals surface area contributed by atoms with Crippen LogP contribution in [0.4, 0.5) is 0 Å². The minimum absolute atomic E-state index is 0.234. The van der Waals surface area contributed by atoms with Crippen LogP contribution in [0.3, 0.4) is 0 Å². The Morgan fingerprint density at radius 3 is 2.00 bits per heavy atom. The van der Waals surface area contributed by atoms with E-state index in [2.05, 4.69) is 0 Å². The Hall–Kier alpha value is -3.41. The van der Waals surface area contributed by atoms with Crippen molar-refractivity contribution >= 4 is 23.9 Å². The van der Waals surface area contributed by atoms with Crippen molar-refractivity contribution in [2.24, 2.45) is 0 Å². The largest absolute Gasteiger partial charge is 0.465 e. The summed E-state index contributed by atoms with van der Waals surface area (Å²) in [4.78, 5) is 37.8. The molecule has 27 heavy (non-hydrogen) atoms. The van der Waals surface area contributed by atoms with Crippen molar-refractivity contribution in [3.63, 3.8) is 0 Å². The zero-order chi connectivity index (χ0) is 20.0. The van der Waals surface area contributed by atoms with Crippen molar-refractivity contribution in [3.05, 3.63) is 65.2 Å². The number of amides is 1. The van der Waals surface area contributed by atoms with Crippen LogP contribution in [0, 0.1) is 0 Å². The molecule has 0 atom stereocenters. The molecule has 0 saturated carbocycles. The molecule has 0 bridgehead atoms. The van der Waals surface area contributed by atoms with Crippen molar-refractivity contribution in [2.75, 3.05) is 28.3 Å². The summed E-state index contributed by atoms with van der Waals surface area (Å²) < 4.78 is 9.72. The van der Waals surface area contributed by atoms with Gasteiger partial charge in [-0.25, -0.2) is 9.59 Å². The van der Waals surface area contributed by atoms with Crippen LogP contribution >= 0.6 is 0 Å². The molecule has 0 N–H and O–H groups in total. The number of hydrogen-bond acceptors (Lipinski definition) is 5. The molecule has 2 aromatic rings. The molecule has 0 spiro atoms. The monoisotopic (exact) mass is 367 g/mol. The summed E-state index contributed by atoms with van der Waals surface area (Å²) in [7, 11) is 5.86. The molecule has 6 nitrogen and oxygen atoms in total. The fraction of sp³-hybridized carbons (Fsp3) is 0.190. The van der Waals surface area contributed by atoms with Crippen LogP contribution in [0.15, 0.2) is 48.5 Å². The predicted octanol–water partition coefficient (Wildman–Crippen LogP) is 3.03. The molecule has 0 fully saturated rings. The Kier molecular flexibility index (Phi) is 6.49. The third kappa shape index (κ3) is 4.41. The van der Waals surface area contributed by atoms with Crippen molar-refractivity contribution in [1.29, 1.82) is 0 Å². The molecule has 2 rings (SSSR count). The van der Waals surface area contributed by atoms with E-state index in [1.54, 1.807) is 62.6 Å². The summed E-state index contributed by atoms with van der Waals surface area (Å²) in [5.41, 5.74) is 2.33. The highest BCUT2D eigenvalue weighted by molar-refractivity contribution is 6.03. The van der Waals surface area contributed by atoms with Crippen molar-refractivity contribution in [1.82, 2.24) is 4.90 Å². The Morgan fingerprint density at radius 1 is 0.815 bits per heavy atom. The summed E-state index contributed by atoms with van der Waals surface area (Å²) >= 11 is 0. The van der Waals surface area contributed by atoms with E-state index in [1.165, 1.54) is 25.2 Å². The Morgan fingerprint density at radius 2 is 1.37 bits per heavy atom. The fourth-order valence-corrected chi connectivity index (χ4v) is 2.58. The number of methoxy groups -OCH3 is 2. The first-order valence-corrected chi connectivity index (χ1v) is 8.19. The molecule has 0 aliphatic heterocycles. The first kappa shape index (κ1) is 19.9. The van der Waals surface area contributed by atoms with Crippen molar-refractivity contribution in [2.45, 2.75) is 0 Å². The van der Waals surface area contributed by atoms with Crippen molar-refractivity contribution in [3.8, 4) is 11.1 Å². The molecule has 140 valence electrons. The van der Waals surface area contributed by atoms with E-state index in [1.807, 2.05) is 0 Å². The third-order valence-corrected chi connectivity index (χ3v) is 3.97. The van der Waals surface area contributed by atoms with Gasteiger partial charge in [0.05, 0.1) is 25.3 Å². The maximum absolute atomic E-state index is 12.2. The quantitative estimate of drug-likeness (QED) is 0.600. The summed E-state index contributed by atoms with van der Waals surface area (Å²) in [5, 5.41) is 0. The Balaban J connectivity index is 2.73. The zero-order valence-corrected chi connectivity index (χ0v) is 15.7. The fourth-order valence-electron chi connectivity index (χ4n) is 2.58. The van der Waals surface area contributed by atoms with E-state index >= 15 is 0 Å². The normalized spacial score (nSPS) is 10.5. The molecule has 0 heterocycles. The second-order valence-corrected chi connectivity index (χ2v) is 5.86. The van der Waals surface area contributed by atoms with Crippen LogP contribution in [0.25, 0.3) is 17.2 Å². The number of ether oxygens (including phenoxy) is 2. The molecule has 0 saturated heterocycles. The van der Waals surface area contributed by atoms with Gasteiger partial charge >= 0.3 is 11.9 Å². The first-order valence-electron chi connectivity index (χ1n) is 8.19. The van der Waals surface area contributed by atoms with Gasteiger partial charge < -0.3 is 14.4 Å². The van der Waals surface area contributed by atoms with Crippen LogP contribution in [-0.2, 0) is 14.3 Å². The van der Waals surface area contributed by atoms with Crippen LogP contribution in [0.2, 0.25) is 0 Å². The second kappa shape index (κ2) is 8.80. The predicted molar refractivity (Wildman–Crippen MR) is 102 cm³/mol. The molecular weight excluding hydrogens is 346 g/mol. The van der Waals surface area contributed by atoms with E-state index in [0.29, 0.717) is 22.3 Å². The van der Waals surface area contributed by atoms with Gasteiger partial charge in [-0.05, 0) is 34.9 Å². The topological polar surface area (TPSA) is 72.9 Å². The lowest BCUT2D eigenvalue weighted by Crippen LogP contribution is -2.18. The summed E-state index contributed by atoms with van der Waals surface area (Å²) in [6.45, 7) is 0. The second-order valence-electron chi connectivity index (χ2n) is 5.86. The average molecular weight is 367 g/mol. The number of likely N-dealkylation sites (N-methyl/N-ethyl adjacent to an activating group) is 1. The molecular formula is C21H21NO5. The SMILES string of the molecule is COC(=O)c1ccccc1-c1cccc(C(=O)OC)c1/C=C/C(=O)N(C)C. The maximum atomic E-state index is 12.2. The summed E-state index contributed by atoms with van der Waals surface area (Å²) in [6.07, 6.45) is 2.92. The average Bonchev–Trinajstić information content (AvgIpc) is 2.70. The standard InChI is InChI=1S/C21H21NO5/c1-22(2)19(23)13-12-16-14(10-7-11-18(16)21(25)27-4)15-8-5-6-9-17(15)20(24)26-3/h5-13H,1-4H3/b13-12+. The highest BCUT2D eigenvalue weighted by Crippen LogP contribution is 2.31. The summed E-state index contributed by atoms with van der Waals surface area (Å²) in [5.74, 6) is -1.26. The molecule has 0 aromatic heterocycles. The van der Waals surface area contributed by atoms with E-state index in [9.17, 15) is 14.4 Å². The number of carbonyl (C=O) groups is 3. The van der Waals surface area contributed by atoms with Crippen LogP contribution in [0.5, 0.6) is 0 Å². The van der Waals surface area contributed by atoms with Gasteiger partial charge in [0.25, 0.3) is 0 Å². The number of esters is 2. The van der Waals surface area contributed by atoms with Gasteiger partial charge in [0.1, 0.15) is 0 Å². The minimum Gasteiger partial charge on any atom is -0.465 e. The van der Waals surface area contributed by atoms with Gasteiger partial charge in [0, 0.05) is 20.2 Å². The molecule has 0 aliphatic carbocycles. The lowest BCUT2D eigenvalue weighted by molar-refractivity contribution is -0.123. The molecule has 2 aromatic carbocycles.